The second-order valence-electron chi connectivity index (χ2n) is 5.11. The Labute approximate surface area is 147 Å². The number of benzene rings is 2. The van der Waals surface area contributed by atoms with Crippen LogP contribution in [0.4, 0.5) is 0 Å². The lowest BCUT2D eigenvalue weighted by Crippen LogP contribution is -2.14. The lowest BCUT2D eigenvalue weighted by Gasteiger charge is -2.04. The number of halogens is 1. The van der Waals surface area contributed by atoms with Crippen LogP contribution in [0.1, 0.15) is 15.2 Å². The molecule has 1 heterocycles. The van der Waals surface area contributed by atoms with Gasteiger partial charge in [-0.05, 0) is 40.5 Å². The molecular weight excluding hydrogens is 372 g/mol. The number of aromatic nitrogens is 1. The largest absolute Gasteiger partial charge is 0.319 e. The van der Waals surface area contributed by atoms with Crippen molar-refractivity contribution in [1.82, 2.24) is 4.57 Å². The Hall–Kier alpha value is -1.98. The molecule has 0 N–H and O–H groups in total. The molecule has 0 aliphatic rings. The first-order valence-corrected chi connectivity index (χ1v) is 8.74. The van der Waals surface area contributed by atoms with Crippen molar-refractivity contribution in [2.45, 2.75) is 6.92 Å². The maximum absolute atomic E-state index is 12.4. The van der Waals surface area contributed by atoms with Crippen LogP contribution in [0.5, 0.6) is 0 Å². The molecule has 0 radical (unpaired) electrons. The molecule has 0 aliphatic carbocycles. The van der Waals surface area contributed by atoms with E-state index in [4.69, 9.17) is 0 Å². The van der Waals surface area contributed by atoms with Gasteiger partial charge in [0.15, 0.2) is 4.80 Å². The van der Waals surface area contributed by atoms with Gasteiger partial charge in [0.2, 0.25) is 0 Å². The van der Waals surface area contributed by atoms with Crippen molar-refractivity contribution in [1.29, 1.82) is 0 Å². The molecule has 0 saturated heterocycles. The lowest BCUT2D eigenvalue weighted by atomic mass is 10.1. The van der Waals surface area contributed by atoms with Gasteiger partial charge in [0, 0.05) is 16.4 Å². The Kier molecular flexibility index (Phi) is 4.59. The van der Waals surface area contributed by atoms with Crippen LogP contribution in [0.3, 0.4) is 0 Å². The third-order valence-electron chi connectivity index (χ3n) is 3.55. The zero-order valence-electron chi connectivity index (χ0n) is 12.8. The average Bonchev–Trinajstić information content (AvgIpc) is 2.82. The minimum Gasteiger partial charge on any atom is -0.319 e. The van der Waals surface area contributed by atoms with Crippen LogP contribution in [-0.2, 0) is 7.05 Å². The van der Waals surface area contributed by atoms with Gasteiger partial charge < -0.3 is 4.57 Å². The standard InChI is InChI=1S/C18H15BrN2OS/c1-12-16(13-8-4-3-5-9-13)21(2)18(23-12)20-17(22)14-10-6-7-11-15(14)19/h3-11H,1-2H3. The molecule has 116 valence electrons. The number of carbonyl (C=O) groups excluding carboxylic acids is 1. The fraction of sp³-hybridized carbons (Fsp3) is 0.111. The van der Waals surface area contributed by atoms with Gasteiger partial charge in [-0.3, -0.25) is 4.79 Å². The van der Waals surface area contributed by atoms with Crippen molar-refractivity contribution < 1.29 is 4.79 Å². The van der Waals surface area contributed by atoms with E-state index < -0.39 is 0 Å². The molecule has 1 amide bonds. The van der Waals surface area contributed by atoms with E-state index in [2.05, 4.69) is 40.0 Å². The van der Waals surface area contributed by atoms with Gasteiger partial charge in [-0.25, -0.2) is 0 Å². The Morgan fingerprint density at radius 2 is 1.74 bits per heavy atom. The van der Waals surface area contributed by atoms with Crippen LogP contribution in [0.2, 0.25) is 0 Å². The highest BCUT2D eigenvalue weighted by atomic mass is 79.9. The number of rotatable bonds is 2. The Bertz CT molecular complexity index is 926. The first-order chi connectivity index (χ1) is 11.1. The predicted molar refractivity (Wildman–Crippen MR) is 97.5 cm³/mol. The minimum absolute atomic E-state index is 0.242. The van der Waals surface area contributed by atoms with Gasteiger partial charge in [0.25, 0.3) is 5.91 Å². The molecule has 3 aromatic rings. The van der Waals surface area contributed by atoms with Crippen molar-refractivity contribution in [3.8, 4) is 11.3 Å². The average molecular weight is 387 g/mol. The fourth-order valence-electron chi connectivity index (χ4n) is 2.46. The third-order valence-corrected chi connectivity index (χ3v) is 5.29. The topological polar surface area (TPSA) is 34.4 Å². The maximum atomic E-state index is 12.4. The number of amides is 1. The molecule has 1 aromatic heterocycles. The van der Waals surface area contributed by atoms with Gasteiger partial charge in [0.05, 0.1) is 11.3 Å². The number of aryl methyl sites for hydroxylation is 1. The summed E-state index contributed by atoms with van der Waals surface area (Å²) < 4.78 is 2.73. The van der Waals surface area contributed by atoms with Gasteiger partial charge in [0.1, 0.15) is 0 Å². The van der Waals surface area contributed by atoms with Crippen LogP contribution in [-0.4, -0.2) is 10.5 Å². The smallest absolute Gasteiger partial charge is 0.280 e. The summed E-state index contributed by atoms with van der Waals surface area (Å²) in [6, 6.07) is 17.5. The van der Waals surface area contributed by atoms with Crippen molar-refractivity contribution in [2.24, 2.45) is 12.0 Å². The second-order valence-corrected chi connectivity index (χ2v) is 7.15. The van der Waals surface area contributed by atoms with E-state index in [0.717, 1.165) is 20.6 Å². The monoisotopic (exact) mass is 386 g/mol. The SMILES string of the molecule is Cc1sc(=NC(=O)c2ccccc2Br)n(C)c1-c1ccccc1. The second kappa shape index (κ2) is 6.64. The number of carbonyl (C=O) groups is 1. The molecule has 3 rings (SSSR count). The molecule has 2 aromatic carbocycles. The number of thiazole rings is 1. The summed E-state index contributed by atoms with van der Waals surface area (Å²) in [6.07, 6.45) is 0. The van der Waals surface area contributed by atoms with E-state index in [0.29, 0.717) is 10.4 Å². The van der Waals surface area contributed by atoms with Crippen LogP contribution in [0.25, 0.3) is 11.3 Å². The molecule has 0 atom stereocenters. The van der Waals surface area contributed by atoms with E-state index in [9.17, 15) is 4.79 Å². The van der Waals surface area contributed by atoms with E-state index in [1.807, 2.05) is 48.0 Å². The highest BCUT2D eigenvalue weighted by molar-refractivity contribution is 9.10. The molecule has 0 fully saturated rings. The molecule has 0 bridgehead atoms. The van der Waals surface area contributed by atoms with Crippen molar-refractivity contribution in [2.75, 3.05) is 0 Å². The normalized spacial score (nSPS) is 11.7. The van der Waals surface area contributed by atoms with E-state index in [1.54, 1.807) is 6.07 Å². The summed E-state index contributed by atoms with van der Waals surface area (Å²) >= 11 is 4.93. The zero-order valence-corrected chi connectivity index (χ0v) is 15.2. The maximum Gasteiger partial charge on any atom is 0.280 e. The predicted octanol–water partition coefficient (Wildman–Crippen LogP) is 4.57. The highest BCUT2D eigenvalue weighted by Gasteiger charge is 2.12. The number of hydrogen-bond acceptors (Lipinski definition) is 2. The molecular formula is C18H15BrN2OS. The van der Waals surface area contributed by atoms with E-state index in [-0.39, 0.29) is 5.91 Å². The Balaban J connectivity index is 2.09. The number of hydrogen-bond donors (Lipinski definition) is 0. The molecule has 3 nitrogen and oxygen atoms in total. The van der Waals surface area contributed by atoms with Crippen molar-refractivity contribution >= 4 is 33.2 Å². The molecule has 5 heteroatoms. The van der Waals surface area contributed by atoms with Crippen molar-refractivity contribution in [3.63, 3.8) is 0 Å². The van der Waals surface area contributed by atoms with E-state index >= 15 is 0 Å². The molecule has 0 aliphatic heterocycles. The molecule has 23 heavy (non-hydrogen) atoms. The molecule has 0 unspecified atom stereocenters. The van der Waals surface area contributed by atoms with Gasteiger partial charge in [-0.2, -0.15) is 4.99 Å². The summed E-state index contributed by atoms with van der Waals surface area (Å²) in [6.45, 7) is 2.05. The van der Waals surface area contributed by atoms with Crippen LogP contribution in [0, 0.1) is 6.92 Å². The van der Waals surface area contributed by atoms with Gasteiger partial charge >= 0.3 is 0 Å². The molecule has 0 spiro atoms. The summed E-state index contributed by atoms with van der Waals surface area (Å²) in [5.41, 5.74) is 2.78. The van der Waals surface area contributed by atoms with E-state index in [1.165, 1.54) is 11.3 Å². The van der Waals surface area contributed by atoms with Crippen LogP contribution in [0.15, 0.2) is 64.1 Å². The highest BCUT2D eigenvalue weighted by Crippen LogP contribution is 2.24. The van der Waals surface area contributed by atoms with Crippen LogP contribution < -0.4 is 4.80 Å². The quantitative estimate of drug-likeness (QED) is 0.635. The van der Waals surface area contributed by atoms with Gasteiger partial charge in [-0.1, -0.05) is 42.5 Å². The third kappa shape index (κ3) is 3.21. The summed E-state index contributed by atoms with van der Waals surface area (Å²) in [4.78, 5) is 18.6. The summed E-state index contributed by atoms with van der Waals surface area (Å²) in [7, 11) is 1.94. The zero-order chi connectivity index (χ0) is 16.4. The Morgan fingerprint density at radius 1 is 1.09 bits per heavy atom. The summed E-state index contributed by atoms with van der Waals surface area (Å²) in [5, 5.41) is 0. The first kappa shape index (κ1) is 15.9. The lowest BCUT2D eigenvalue weighted by molar-refractivity contribution is 0.0997. The minimum atomic E-state index is -0.242. The number of nitrogens with zero attached hydrogens (tertiary/aromatic N) is 2. The van der Waals surface area contributed by atoms with Gasteiger partial charge in [-0.15, -0.1) is 11.3 Å². The molecule has 0 saturated carbocycles. The fourth-order valence-corrected chi connectivity index (χ4v) is 3.89. The first-order valence-electron chi connectivity index (χ1n) is 7.13. The Morgan fingerprint density at radius 3 is 2.43 bits per heavy atom. The van der Waals surface area contributed by atoms with Crippen LogP contribution >= 0.6 is 27.3 Å². The summed E-state index contributed by atoms with van der Waals surface area (Å²) in [5.74, 6) is -0.242. The van der Waals surface area contributed by atoms with Crippen molar-refractivity contribution in [3.05, 3.63) is 74.3 Å².